The summed E-state index contributed by atoms with van der Waals surface area (Å²) in [4.78, 5) is 0. The second-order valence-corrected chi connectivity index (χ2v) is 44.3. The van der Waals surface area contributed by atoms with Gasteiger partial charge in [0.05, 0.1) is 0 Å². The first-order valence-electron chi connectivity index (χ1n) is 52.8. The van der Waals surface area contributed by atoms with Crippen molar-refractivity contribution in [3.8, 4) is 0 Å². The molecule has 0 fully saturated rings. The van der Waals surface area contributed by atoms with Crippen LogP contribution in [0.3, 0.4) is 0 Å². The lowest BCUT2D eigenvalue weighted by Gasteiger charge is -2.30. The first-order chi connectivity index (χ1) is 61.0. The van der Waals surface area contributed by atoms with Crippen LogP contribution in [0.4, 0.5) is 0 Å². The molecule has 0 aromatic heterocycles. The van der Waals surface area contributed by atoms with E-state index < -0.39 is 0 Å². The van der Waals surface area contributed by atoms with E-state index in [0.29, 0.717) is 35.5 Å². The molecular weight excluding hydrogens is 1540 g/mol. The molecule has 6 unspecified atom stereocenters. The van der Waals surface area contributed by atoms with Crippen molar-refractivity contribution in [3.63, 3.8) is 0 Å². The zero-order chi connectivity index (χ0) is 88.9. The molecule has 0 N–H and O–H groups in total. The van der Waals surface area contributed by atoms with Crippen LogP contribution in [0.2, 0.25) is 0 Å². The Labute approximate surface area is 765 Å². The highest BCUT2D eigenvalue weighted by atomic mass is 16.5. The fourth-order valence-electron chi connectivity index (χ4n) is 22.2. The topological polar surface area (TPSA) is 55.4 Å². The highest BCUT2D eigenvalue weighted by molar-refractivity contribution is 6.61. The van der Waals surface area contributed by atoms with Crippen LogP contribution in [0, 0.1) is 71.0 Å². The molecule has 690 valence electrons. The van der Waals surface area contributed by atoms with Crippen LogP contribution in [0.25, 0.3) is 129 Å². The molecule has 0 radical (unpaired) electrons. The molecule has 13 aromatic carbocycles. The van der Waals surface area contributed by atoms with Gasteiger partial charge in [0.15, 0.2) is 0 Å². The normalized spacial score (nSPS) is 14.5. The molecule has 0 heterocycles. The van der Waals surface area contributed by atoms with E-state index in [4.69, 9.17) is 28.4 Å². The molecule has 0 aliphatic carbocycles. The van der Waals surface area contributed by atoms with Crippen molar-refractivity contribution in [2.24, 2.45) is 71.0 Å². The third-order valence-corrected chi connectivity index (χ3v) is 29.9. The number of fused-ring (bicyclic) bond motifs is 6. The maximum Gasteiger partial charge on any atom is 0.0469 e. The first-order valence-corrected chi connectivity index (χ1v) is 52.8. The van der Waals surface area contributed by atoms with Crippen LogP contribution in [0.1, 0.15) is 351 Å². The average Bonchev–Trinajstić information content (AvgIpc) is 0.641. The maximum absolute atomic E-state index is 6.68. The second-order valence-electron chi connectivity index (χ2n) is 44.3. The fourth-order valence-corrected chi connectivity index (χ4v) is 22.2. The third-order valence-electron chi connectivity index (χ3n) is 29.9. The minimum atomic E-state index is 0.679. The number of aryl methyl sites for hydroxylation is 6. The van der Waals surface area contributed by atoms with Gasteiger partial charge in [-0.3, -0.25) is 0 Å². The highest BCUT2D eigenvalue weighted by Gasteiger charge is 2.34. The summed E-state index contributed by atoms with van der Waals surface area (Å²) < 4.78 is 40.1. The summed E-state index contributed by atoms with van der Waals surface area (Å²) in [6.45, 7) is 52.6. The maximum atomic E-state index is 6.68. The summed E-state index contributed by atoms with van der Waals surface area (Å²) >= 11 is 0. The van der Waals surface area contributed by atoms with E-state index in [9.17, 15) is 0 Å². The van der Waals surface area contributed by atoms with Gasteiger partial charge in [0.25, 0.3) is 0 Å². The minimum Gasteiger partial charge on any atom is -0.381 e. The predicted molar refractivity (Wildman–Crippen MR) is 553 cm³/mol. The average molecular weight is 1710 g/mol. The van der Waals surface area contributed by atoms with E-state index in [1.54, 1.807) is 0 Å². The Morgan fingerprint density at radius 3 is 0.389 bits per heavy atom. The Kier molecular flexibility index (Phi) is 37.3. The van der Waals surface area contributed by atoms with E-state index in [2.05, 4.69) is 197 Å². The van der Waals surface area contributed by atoms with Gasteiger partial charge in [0.1, 0.15) is 0 Å². The van der Waals surface area contributed by atoms with Crippen LogP contribution < -0.4 is 0 Å². The molecule has 126 heavy (non-hydrogen) atoms. The Bertz CT molecular complexity index is 4290. The third kappa shape index (κ3) is 25.6. The number of ether oxygens (including phenoxy) is 6. The summed E-state index contributed by atoms with van der Waals surface area (Å²) in [7, 11) is 0. The lowest BCUT2D eigenvalue weighted by atomic mass is 9.72. The molecule has 0 aliphatic heterocycles. The van der Waals surface area contributed by atoms with Crippen LogP contribution in [0.5, 0.6) is 0 Å². The smallest absolute Gasteiger partial charge is 0.0469 e. The van der Waals surface area contributed by atoms with Gasteiger partial charge in [-0.15, -0.1) is 0 Å². The standard InChI is InChI=1S/C120H174O6/c1-79(2)31-19-37-85(13)49-61-121-55-25-43-91-67-97-99-69-92(44-26-56-122-62-50-86(14)38-20-32-80(3)4)71-101-103-73-94(46-28-58-124-64-52-88(16)40-22-34-82(7)8)75-105-107-77-96(48-30-60-126-66-54-90(18)42-24-36-84(11)12)78-108-106-76-95(47-29-59-125-65-53-89(17)41-23-35-83(9)10)74-104-102-72-93(45-27-57-123-63-51-87(15)39-21-33-81(5)6)70-100-98(68-91)109(97)115-116(110(99)101)118(112(103)105)120(114(107)108)119(113(104)106)117(115)111(100)102/h67-90H,19-66H2,1-18H3. The van der Waals surface area contributed by atoms with Gasteiger partial charge in [-0.05, 0) is 349 Å². The first kappa shape index (κ1) is 97.8. The molecule has 0 saturated carbocycles. The predicted octanol–water partition coefficient (Wildman–Crippen LogP) is 35.0. The van der Waals surface area contributed by atoms with E-state index in [1.807, 2.05) is 0 Å². The van der Waals surface area contributed by atoms with Gasteiger partial charge < -0.3 is 28.4 Å². The molecule has 6 atom stereocenters. The molecule has 13 aromatic rings. The number of rotatable bonds is 66. The molecule has 0 bridgehead atoms. The van der Waals surface area contributed by atoms with Crippen molar-refractivity contribution in [3.05, 3.63) is 106 Å². The van der Waals surface area contributed by atoms with Gasteiger partial charge >= 0.3 is 0 Å². The van der Waals surface area contributed by atoms with Crippen LogP contribution in [0.15, 0.2) is 72.8 Å². The summed E-state index contributed by atoms with van der Waals surface area (Å²) in [5.74, 6) is 8.63. The van der Waals surface area contributed by atoms with Gasteiger partial charge in [-0.1, -0.05) is 313 Å². The van der Waals surface area contributed by atoms with Crippen LogP contribution in [-0.4, -0.2) is 79.3 Å². The van der Waals surface area contributed by atoms with E-state index in [1.165, 1.54) is 278 Å². The van der Waals surface area contributed by atoms with Gasteiger partial charge in [0, 0.05) is 79.3 Å². The summed E-state index contributed by atoms with van der Waals surface area (Å²) in [6, 6.07) is 32.4. The van der Waals surface area contributed by atoms with Crippen molar-refractivity contribution in [1.82, 2.24) is 0 Å². The monoisotopic (exact) mass is 1710 g/mol. The number of benzene rings is 13. The number of hydrogen-bond acceptors (Lipinski definition) is 6. The highest BCUT2D eigenvalue weighted by Crippen LogP contribution is 2.61. The molecular formula is C120H174O6. The zero-order valence-electron chi connectivity index (χ0n) is 83.2. The second kappa shape index (κ2) is 48.1. The molecule has 0 saturated heterocycles. The molecule has 6 nitrogen and oxygen atoms in total. The lowest BCUT2D eigenvalue weighted by Crippen LogP contribution is -2.06. The molecule has 0 amide bonds. The van der Waals surface area contributed by atoms with Crippen molar-refractivity contribution in [2.75, 3.05) is 79.3 Å². The summed E-state index contributed by atoms with van der Waals surface area (Å²) in [6.07, 6.45) is 41.9. The van der Waals surface area contributed by atoms with Gasteiger partial charge in [-0.2, -0.15) is 0 Å². The molecule has 0 spiro atoms. The Morgan fingerprint density at radius 1 is 0.143 bits per heavy atom. The quantitative estimate of drug-likeness (QED) is 0.0215. The largest absolute Gasteiger partial charge is 0.381 e. The molecule has 6 heteroatoms. The Morgan fingerprint density at radius 2 is 0.270 bits per heavy atom. The number of hydrogen-bond donors (Lipinski definition) is 0. The van der Waals surface area contributed by atoms with Crippen molar-refractivity contribution >= 4 is 129 Å². The van der Waals surface area contributed by atoms with E-state index >= 15 is 0 Å². The molecule has 13 rings (SSSR count). The summed E-state index contributed by atoms with van der Waals surface area (Å²) in [5, 5.41) is 34.8. The van der Waals surface area contributed by atoms with Crippen molar-refractivity contribution < 1.29 is 28.4 Å². The Balaban J connectivity index is 1.00. The zero-order valence-corrected chi connectivity index (χ0v) is 83.2. The SMILES string of the molecule is CC(C)CCCC(C)CCOCCCc1cc2c3cc(CCCOCCC(C)CCCC(C)C)cc4c5cc(CCCOCCC(C)CCCC(C)C)cc6c7cc(CCCOCCC(C)CCCC(C)C)cc8c9cc(CCCOCCC(C)CCCC(C)C)cc%10c%11cc(CCCOCCC(C)CCCC(C)C)cc%12c(c1)c2c1c(c34)c(c56)c(c78)c(c%109)c1c%12%11. The van der Waals surface area contributed by atoms with Gasteiger partial charge in [0.2, 0.25) is 0 Å². The fraction of sp³-hybridized carbons (Fsp3) is 0.650. The minimum absolute atomic E-state index is 0.679. The van der Waals surface area contributed by atoms with E-state index in [0.717, 1.165) is 230 Å². The van der Waals surface area contributed by atoms with Crippen molar-refractivity contribution in [2.45, 2.75) is 356 Å². The van der Waals surface area contributed by atoms with Crippen molar-refractivity contribution in [1.29, 1.82) is 0 Å². The van der Waals surface area contributed by atoms with Crippen LogP contribution in [-0.2, 0) is 66.9 Å². The van der Waals surface area contributed by atoms with Gasteiger partial charge in [-0.25, -0.2) is 0 Å². The summed E-state index contributed by atoms with van der Waals surface area (Å²) in [5.41, 5.74) is 8.54. The van der Waals surface area contributed by atoms with Crippen LogP contribution >= 0.6 is 0 Å². The Hall–Kier alpha value is -5.70. The lowest BCUT2D eigenvalue weighted by molar-refractivity contribution is 0.118. The van der Waals surface area contributed by atoms with E-state index in [-0.39, 0.29) is 0 Å². The molecule has 0 aliphatic rings.